The third-order valence-corrected chi connectivity index (χ3v) is 8.36. The molecule has 0 saturated carbocycles. The van der Waals surface area contributed by atoms with Crippen molar-refractivity contribution < 1.29 is 9.84 Å². The van der Waals surface area contributed by atoms with Gasteiger partial charge in [0.1, 0.15) is 29.8 Å². The van der Waals surface area contributed by atoms with Crippen molar-refractivity contribution in [3.05, 3.63) is 41.6 Å². The molecule has 5 heterocycles. The van der Waals surface area contributed by atoms with Gasteiger partial charge in [0, 0.05) is 36.9 Å². The highest BCUT2D eigenvalue weighted by molar-refractivity contribution is 5.57. The Labute approximate surface area is 221 Å². The maximum atomic E-state index is 10.4. The Morgan fingerprint density at radius 3 is 2.81 bits per heavy atom. The summed E-state index contributed by atoms with van der Waals surface area (Å²) in [5, 5.41) is 13.8. The molecule has 2 aromatic rings. The summed E-state index contributed by atoms with van der Waals surface area (Å²) in [5.41, 5.74) is 7.72. The number of nitrogens with one attached hydrogen (secondary N) is 1. The number of rotatable bonds is 11. The van der Waals surface area contributed by atoms with Crippen molar-refractivity contribution in [3.8, 4) is 0 Å². The molecule has 6 atom stereocenters. The predicted octanol–water partition coefficient (Wildman–Crippen LogP) is 4.58. The number of unbranched alkanes of at least 4 members (excludes halogenated alkanes) is 1. The number of piperidine rings is 1. The van der Waals surface area contributed by atoms with E-state index in [1.54, 1.807) is 0 Å². The maximum Gasteiger partial charge on any atom is 0.158 e. The number of aryl methyl sites for hydroxylation is 1. The Morgan fingerprint density at radius 2 is 2.03 bits per heavy atom. The van der Waals surface area contributed by atoms with Crippen molar-refractivity contribution in [2.75, 3.05) is 34.8 Å². The van der Waals surface area contributed by atoms with E-state index in [0.717, 1.165) is 68.5 Å². The number of ether oxygens (including phenoxy) is 1. The largest absolute Gasteiger partial charge is 0.374 e. The van der Waals surface area contributed by atoms with E-state index >= 15 is 0 Å². The second-order valence-electron chi connectivity index (χ2n) is 11.2. The molecule has 5 unspecified atom stereocenters. The number of pyridine rings is 2. The fourth-order valence-corrected chi connectivity index (χ4v) is 6.29. The molecule has 3 aliphatic rings. The number of nitrogens with zero attached hydrogens (tertiary/aromatic N) is 4. The summed E-state index contributed by atoms with van der Waals surface area (Å²) in [5.74, 6) is 3.96. The molecule has 37 heavy (non-hydrogen) atoms. The molecule has 5 rings (SSSR count). The SMILES string of the molecule is CCCCC1CCN(c2ccc(C(N)O)c(N3C[C@@H](CCCNc4cccc(C)n4)CC3C)n2)C2OC12. The lowest BCUT2D eigenvalue weighted by molar-refractivity contribution is 0.186. The first kappa shape index (κ1) is 26.2. The van der Waals surface area contributed by atoms with E-state index in [4.69, 9.17) is 15.5 Å². The van der Waals surface area contributed by atoms with Gasteiger partial charge in [-0.3, -0.25) is 0 Å². The summed E-state index contributed by atoms with van der Waals surface area (Å²) in [7, 11) is 0. The van der Waals surface area contributed by atoms with Gasteiger partial charge in [-0.1, -0.05) is 25.8 Å². The van der Waals surface area contributed by atoms with Gasteiger partial charge in [-0.15, -0.1) is 0 Å². The lowest BCUT2D eigenvalue weighted by atomic mass is 9.91. The molecule has 3 fully saturated rings. The second kappa shape index (κ2) is 11.5. The zero-order valence-electron chi connectivity index (χ0n) is 22.6. The highest BCUT2D eigenvalue weighted by Crippen LogP contribution is 2.44. The van der Waals surface area contributed by atoms with Crippen molar-refractivity contribution in [1.29, 1.82) is 0 Å². The van der Waals surface area contributed by atoms with Crippen LogP contribution in [0.1, 0.15) is 76.3 Å². The second-order valence-corrected chi connectivity index (χ2v) is 11.2. The first-order valence-corrected chi connectivity index (χ1v) is 14.3. The molecule has 0 bridgehead atoms. The van der Waals surface area contributed by atoms with Crippen LogP contribution < -0.4 is 20.9 Å². The normalized spacial score (nSPS) is 27.8. The van der Waals surface area contributed by atoms with Crippen LogP contribution in [0, 0.1) is 18.8 Å². The van der Waals surface area contributed by atoms with Crippen molar-refractivity contribution in [2.45, 2.75) is 90.3 Å². The van der Waals surface area contributed by atoms with Gasteiger partial charge in [-0.2, -0.15) is 0 Å². The number of anilines is 3. The van der Waals surface area contributed by atoms with Crippen molar-refractivity contribution in [3.63, 3.8) is 0 Å². The molecule has 0 radical (unpaired) electrons. The van der Waals surface area contributed by atoms with Gasteiger partial charge in [-0.05, 0) is 82.1 Å². The molecule has 8 heteroatoms. The predicted molar refractivity (Wildman–Crippen MR) is 149 cm³/mol. The smallest absolute Gasteiger partial charge is 0.158 e. The standard InChI is InChI=1S/C29H44N6O2/c1-4-5-10-22-14-16-34(29-26(22)37-29)25-13-12-23(27(30)36)28(33-25)35-18-21(17-20(35)3)9-7-15-31-24-11-6-8-19(2)32-24/h6,8,11-13,20-22,26-27,29,36H,4-5,7,9-10,14-18,30H2,1-3H3,(H,31,32)/t20?,21-,22?,26?,27?,29?/m0/s1. The Bertz CT molecular complexity index is 1050. The van der Waals surface area contributed by atoms with Crippen LogP contribution in [0.5, 0.6) is 0 Å². The first-order chi connectivity index (χ1) is 17.9. The van der Waals surface area contributed by atoms with Gasteiger partial charge in [0.05, 0.1) is 0 Å². The number of hydrogen-bond acceptors (Lipinski definition) is 8. The highest BCUT2D eigenvalue weighted by Gasteiger charge is 2.52. The number of aliphatic hydroxyl groups is 1. The van der Waals surface area contributed by atoms with E-state index in [2.05, 4.69) is 33.9 Å². The molecule has 0 aliphatic carbocycles. The summed E-state index contributed by atoms with van der Waals surface area (Å²) in [6, 6.07) is 10.4. The Balaban J connectivity index is 1.21. The molecular formula is C29H44N6O2. The lowest BCUT2D eigenvalue weighted by Gasteiger charge is -2.32. The van der Waals surface area contributed by atoms with E-state index < -0.39 is 6.23 Å². The number of aliphatic hydroxyl groups excluding tert-OH is 1. The fraction of sp³-hybridized carbons (Fsp3) is 0.655. The van der Waals surface area contributed by atoms with Crippen LogP contribution in [0.3, 0.4) is 0 Å². The van der Waals surface area contributed by atoms with Gasteiger partial charge >= 0.3 is 0 Å². The quantitative estimate of drug-likeness (QED) is 0.230. The minimum Gasteiger partial charge on any atom is -0.374 e. The summed E-state index contributed by atoms with van der Waals surface area (Å²) < 4.78 is 6.12. The Kier molecular flexibility index (Phi) is 8.17. The zero-order valence-corrected chi connectivity index (χ0v) is 22.6. The van der Waals surface area contributed by atoms with Gasteiger partial charge in [0.15, 0.2) is 6.23 Å². The molecule has 2 aromatic heterocycles. The van der Waals surface area contributed by atoms with Crippen molar-refractivity contribution >= 4 is 17.5 Å². The van der Waals surface area contributed by atoms with Crippen LogP contribution in [0.2, 0.25) is 0 Å². The third-order valence-electron chi connectivity index (χ3n) is 8.36. The van der Waals surface area contributed by atoms with Crippen LogP contribution in [0.15, 0.2) is 30.3 Å². The zero-order chi connectivity index (χ0) is 25.9. The molecular weight excluding hydrogens is 464 g/mol. The lowest BCUT2D eigenvalue weighted by Crippen LogP contribution is -2.38. The molecule has 0 amide bonds. The van der Waals surface area contributed by atoms with Crippen LogP contribution >= 0.6 is 0 Å². The molecule has 0 spiro atoms. The number of hydrogen-bond donors (Lipinski definition) is 3. The number of nitrogens with two attached hydrogens (primary N) is 1. The van der Waals surface area contributed by atoms with E-state index in [0.29, 0.717) is 29.5 Å². The fourth-order valence-electron chi connectivity index (χ4n) is 6.29. The first-order valence-electron chi connectivity index (χ1n) is 14.3. The monoisotopic (exact) mass is 508 g/mol. The molecule has 8 nitrogen and oxygen atoms in total. The Hall–Kier alpha value is -2.42. The van der Waals surface area contributed by atoms with E-state index in [1.165, 1.54) is 19.3 Å². The van der Waals surface area contributed by atoms with Gasteiger partial charge in [-0.25, -0.2) is 9.97 Å². The van der Waals surface area contributed by atoms with E-state index in [9.17, 15) is 5.11 Å². The average molecular weight is 509 g/mol. The number of fused-ring (bicyclic) bond motifs is 1. The summed E-state index contributed by atoms with van der Waals surface area (Å²) >= 11 is 0. The number of epoxide rings is 1. The highest BCUT2D eigenvalue weighted by atomic mass is 16.6. The molecule has 4 N–H and O–H groups in total. The Morgan fingerprint density at radius 1 is 1.16 bits per heavy atom. The minimum absolute atomic E-state index is 0.142. The topological polar surface area (TPSA) is 103 Å². The van der Waals surface area contributed by atoms with E-state index in [1.807, 2.05) is 37.3 Å². The molecule has 3 saturated heterocycles. The molecule has 202 valence electrons. The van der Waals surface area contributed by atoms with Crippen LogP contribution in [0.25, 0.3) is 0 Å². The van der Waals surface area contributed by atoms with Crippen molar-refractivity contribution in [1.82, 2.24) is 9.97 Å². The summed E-state index contributed by atoms with van der Waals surface area (Å²) in [6.45, 7) is 9.34. The van der Waals surface area contributed by atoms with E-state index in [-0.39, 0.29) is 6.23 Å². The maximum absolute atomic E-state index is 10.4. The van der Waals surface area contributed by atoms with Crippen molar-refractivity contribution in [2.24, 2.45) is 17.6 Å². The van der Waals surface area contributed by atoms with Crippen LogP contribution in [-0.4, -0.2) is 53.1 Å². The number of aromatic nitrogens is 2. The average Bonchev–Trinajstić information content (AvgIpc) is 3.61. The van der Waals surface area contributed by atoms with Gasteiger partial charge in [0.2, 0.25) is 0 Å². The summed E-state index contributed by atoms with van der Waals surface area (Å²) in [4.78, 5) is 14.3. The van der Waals surface area contributed by atoms with Crippen LogP contribution in [-0.2, 0) is 4.74 Å². The minimum atomic E-state index is -1.04. The summed E-state index contributed by atoms with van der Waals surface area (Å²) in [6.07, 6.45) is 7.70. The third kappa shape index (κ3) is 6.02. The molecule has 0 aromatic carbocycles. The van der Waals surface area contributed by atoms with Crippen LogP contribution in [0.4, 0.5) is 17.5 Å². The van der Waals surface area contributed by atoms with Gasteiger partial charge in [0.25, 0.3) is 0 Å². The van der Waals surface area contributed by atoms with Gasteiger partial charge < -0.3 is 30.7 Å². The molecule has 3 aliphatic heterocycles.